The summed E-state index contributed by atoms with van der Waals surface area (Å²) >= 11 is 1.12. The van der Waals surface area contributed by atoms with E-state index in [2.05, 4.69) is 30.9 Å². The van der Waals surface area contributed by atoms with Crippen molar-refractivity contribution < 1.29 is 9.53 Å². The number of nitriles is 1. The molecule has 132 valence electrons. The molecule has 2 amide bonds. The van der Waals surface area contributed by atoms with Gasteiger partial charge in [0.2, 0.25) is 0 Å². The number of anilines is 1. The van der Waals surface area contributed by atoms with Crippen molar-refractivity contribution in [2.24, 2.45) is 0 Å². The molecule has 3 rings (SSSR count). The highest BCUT2D eigenvalue weighted by molar-refractivity contribution is 7.10. The quantitative estimate of drug-likeness (QED) is 0.862. The van der Waals surface area contributed by atoms with Gasteiger partial charge in [0.05, 0.1) is 11.7 Å². The van der Waals surface area contributed by atoms with E-state index in [1.54, 1.807) is 18.9 Å². The van der Waals surface area contributed by atoms with E-state index in [0.29, 0.717) is 41.1 Å². The van der Waals surface area contributed by atoms with Gasteiger partial charge in [0.15, 0.2) is 11.6 Å². The summed E-state index contributed by atoms with van der Waals surface area (Å²) < 4.78 is 9.18. The molecule has 0 aromatic carbocycles. The van der Waals surface area contributed by atoms with Crippen LogP contribution in [-0.2, 0) is 11.3 Å². The topological polar surface area (TPSA) is 120 Å². The average molecular weight is 361 g/mol. The van der Waals surface area contributed by atoms with E-state index in [9.17, 15) is 10.1 Å². The summed E-state index contributed by atoms with van der Waals surface area (Å²) in [5.74, 6) is 1.22. The number of nitrogens with zero attached hydrogens (tertiary/aromatic N) is 5. The van der Waals surface area contributed by atoms with Crippen molar-refractivity contribution in [3.05, 3.63) is 22.9 Å². The Hall–Kier alpha value is -2.51. The number of urea groups is 1. The molecule has 0 aliphatic carbocycles. The Morgan fingerprint density at radius 1 is 1.56 bits per heavy atom. The van der Waals surface area contributed by atoms with Crippen molar-refractivity contribution in [1.82, 2.24) is 24.5 Å². The number of nitrogens with one attached hydrogen (secondary N) is 2. The van der Waals surface area contributed by atoms with Gasteiger partial charge in [-0.15, -0.1) is 0 Å². The van der Waals surface area contributed by atoms with E-state index in [1.165, 1.54) is 0 Å². The number of hydrogen-bond donors (Lipinski definition) is 2. The molecule has 1 atom stereocenters. The first-order valence-corrected chi connectivity index (χ1v) is 8.75. The fourth-order valence-corrected chi connectivity index (χ4v) is 3.60. The lowest BCUT2D eigenvalue weighted by Crippen LogP contribution is -2.41. The van der Waals surface area contributed by atoms with Crippen LogP contribution in [0.3, 0.4) is 0 Å². The molecule has 2 aromatic heterocycles. The lowest BCUT2D eigenvalue weighted by atomic mass is 10.0. The first kappa shape index (κ1) is 17.3. The molecule has 1 aliphatic rings. The lowest BCUT2D eigenvalue weighted by molar-refractivity contribution is 0.159. The highest BCUT2D eigenvalue weighted by atomic mass is 32.1. The number of aryl methyl sites for hydroxylation is 1. The van der Waals surface area contributed by atoms with E-state index < -0.39 is 0 Å². The van der Waals surface area contributed by atoms with Crippen LogP contribution in [0.25, 0.3) is 0 Å². The molecule has 25 heavy (non-hydrogen) atoms. The molecule has 2 aromatic rings. The Morgan fingerprint density at radius 2 is 2.40 bits per heavy atom. The van der Waals surface area contributed by atoms with Crippen molar-refractivity contribution in [3.8, 4) is 6.07 Å². The van der Waals surface area contributed by atoms with Crippen LogP contribution in [0.15, 0.2) is 0 Å². The minimum absolute atomic E-state index is 0.199. The summed E-state index contributed by atoms with van der Waals surface area (Å²) in [6.45, 7) is 2.71. The number of methoxy groups -OCH3 is 1. The van der Waals surface area contributed by atoms with Crippen molar-refractivity contribution in [2.75, 3.05) is 19.0 Å². The van der Waals surface area contributed by atoms with Gasteiger partial charge in [-0.05, 0) is 37.7 Å². The van der Waals surface area contributed by atoms with Gasteiger partial charge in [-0.2, -0.15) is 14.7 Å². The number of H-pyrrole nitrogens is 1. The van der Waals surface area contributed by atoms with Crippen LogP contribution in [0.4, 0.5) is 9.80 Å². The number of likely N-dealkylation sites (tertiary alicyclic amines) is 1. The number of carbonyl (C=O) groups excluding carboxylic acids is 1. The predicted octanol–water partition coefficient (Wildman–Crippen LogP) is 2.35. The second-order valence-corrected chi connectivity index (χ2v) is 6.57. The van der Waals surface area contributed by atoms with E-state index in [0.717, 1.165) is 30.8 Å². The molecule has 0 bridgehead atoms. The average Bonchev–Trinajstić information content (AvgIpc) is 3.22. The molecule has 1 saturated heterocycles. The van der Waals surface area contributed by atoms with E-state index in [1.807, 2.05) is 0 Å². The number of carbonyl (C=O) groups is 1. The summed E-state index contributed by atoms with van der Waals surface area (Å²) in [5, 5.41) is 19.6. The second-order valence-electron chi connectivity index (χ2n) is 5.79. The number of aromatic amines is 1. The number of hydrogen-bond acceptors (Lipinski definition) is 7. The molecule has 10 heteroatoms. The van der Waals surface area contributed by atoms with Gasteiger partial charge in [0.1, 0.15) is 23.2 Å². The number of rotatable bonds is 4. The summed E-state index contributed by atoms with van der Waals surface area (Å²) in [4.78, 5) is 18.9. The van der Waals surface area contributed by atoms with Gasteiger partial charge in [-0.3, -0.25) is 10.4 Å². The summed E-state index contributed by atoms with van der Waals surface area (Å²) in [7, 11) is 1.59. The predicted molar refractivity (Wildman–Crippen MR) is 91.0 cm³/mol. The minimum atomic E-state index is -0.261. The monoisotopic (exact) mass is 361 g/mol. The number of amides is 2. The third kappa shape index (κ3) is 3.62. The first-order valence-electron chi connectivity index (χ1n) is 7.98. The zero-order valence-corrected chi connectivity index (χ0v) is 14.9. The second kappa shape index (κ2) is 7.58. The molecule has 3 heterocycles. The van der Waals surface area contributed by atoms with Gasteiger partial charge in [0, 0.05) is 13.7 Å². The van der Waals surface area contributed by atoms with Crippen LogP contribution >= 0.6 is 11.5 Å². The molecular formula is C15H19N7O2S. The van der Waals surface area contributed by atoms with E-state index in [-0.39, 0.29) is 12.1 Å². The fraction of sp³-hybridized carbons (Fsp3) is 0.533. The summed E-state index contributed by atoms with van der Waals surface area (Å²) in [6, 6.07) is 1.62. The van der Waals surface area contributed by atoms with Crippen molar-refractivity contribution >= 4 is 22.6 Å². The Bertz CT molecular complexity index is 794. The highest BCUT2D eigenvalue weighted by Gasteiger charge is 2.31. The maximum atomic E-state index is 12.8. The zero-order valence-electron chi connectivity index (χ0n) is 14.1. The largest absolute Gasteiger partial charge is 0.377 e. The van der Waals surface area contributed by atoms with Crippen LogP contribution in [0.1, 0.15) is 48.2 Å². The molecule has 1 aliphatic heterocycles. The molecule has 1 unspecified atom stereocenters. The van der Waals surface area contributed by atoms with E-state index >= 15 is 0 Å². The maximum absolute atomic E-state index is 12.8. The third-order valence-corrected chi connectivity index (χ3v) is 4.94. The Labute approximate surface area is 149 Å². The number of ether oxygens (including phenoxy) is 1. The molecule has 1 fully saturated rings. The number of piperidine rings is 1. The van der Waals surface area contributed by atoms with Gasteiger partial charge in [0.25, 0.3) is 0 Å². The molecule has 0 radical (unpaired) electrons. The minimum Gasteiger partial charge on any atom is -0.377 e. The van der Waals surface area contributed by atoms with Crippen molar-refractivity contribution in [1.29, 1.82) is 5.26 Å². The van der Waals surface area contributed by atoms with Crippen LogP contribution in [0.5, 0.6) is 0 Å². The Kier molecular flexibility index (Phi) is 5.25. The van der Waals surface area contributed by atoms with Crippen LogP contribution in [0.2, 0.25) is 0 Å². The smallest absolute Gasteiger partial charge is 0.323 e. The fourth-order valence-electron chi connectivity index (χ4n) is 2.86. The summed E-state index contributed by atoms with van der Waals surface area (Å²) in [6.07, 6.45) is 2.72. The standard InChI is InChI=1S/C15H19N7O2S/c1-9-10(7-16)14(25-21-9)18-15(23)22-6-4-3-5-11(22)13-17-12(8-24-2)19-20-13/h11H,3-6,8H2,1-2H3,(H,18,23)(H,17,19,20). The molecule has 0 spiro atoms. The highest BCUT2D eigenvalue weighted by Crippen LogP contribution is 2.31. The Morgan fingerprint density at radius 3 is 3.16 bits per heavy atom. The Balaban J connectivity index is 1.77. The molecule has 9 nitrogen and oxygen atoms in total. The molecular weight excluding hydrogens is 342 g/mol. The van der Waals surface area contributed by atoms with Gasteiger partial charge in [-0.25, -0.2) is 9.78 Å². The van der Waals surface area contributed by atoms with Gasteiger partial charge < -0.3 is 9.64 Å². The van der Waals surface area contributed by atoms with Gasteiger partial charge in [-0.1, -0.05) is 0 Å². The molecule has 2 N–H and O–H groups in total. The third-order valence-electron chi connectivity index (χ3n) is 4.09. The van der Waals surface area contributed by atoms with E-state index in [4.69, 9.17) is 4.74 Å². The van der Waals surface area contributed by atoms with Crippen LogP contribution in [0, 0.1) is 18.3 Å². The zero-order chi connectivity index (χ0) is 17.8. The van der Waals surface area contributed by atoms with Crippen molar-refractivity contribution in [2.45, 2.75) is 38.8 Å². The first-order chi connectivity index (χ1) is 12.1. The SMILES string of the molecule is COCc1nc(C2CCCCN2C(=O)Nc2snc(C)c2C#N)n[nH]1. The summed E-state index contributed by atoms with van der Waals surface area (Å²) in [5.41, 5.74) is 1.03. The maximum Gasteiger partial charge on any atom is 0.323 e. The normalized spacial score (nSPS) is 17.3. The van der Waals surface area contributed by atoms with Crippen LogP contribution < -0.4 is 5.32 Å². The molecule has 0 saturated carbocycles. The van der Waals surface area contributed by atoms with Crippen LogP contribution in [-0.4, -0.2) is 44.1 Å². The lowest BCUT2D eigenvalue weighted by Gasteiger charge is -2.33. The van der Waals surface area contributed by atoms with Gasteiger partial charge >= 0.3 is 6.03 Å². The number of aromatic nitrogens is 4. The van der Waals surface area contributed by atoms with Crippen molar-refractivity contribution in [3.63, 3.8) is 0 Å².